The minimum atomic E-state index is -0.706. The summed E-state index contributed by atoms with van der Waals surface area (Å²) in [5.74, 6) is 0.454. The lowest BCUT2D eigenvalue weighted by Gasteiger charge is -1.99. The molecule has 0 aliphatic rings. The van der Waals surface area contributed by atoms with E-state index in [9.17, 15) is 4.79 Å². The van der Waals surface area contributed by atoms with Gasteiger partial charge in [-0.25, -0.2) is 4.79 Å². The van der Waals surface area contributed by atoms with E-state index in [0.717, 1.165) is 0 Å². The minimum absolute atomic E-state index is 0.186. The highest BCUT2D eigenvalue weighted by Crippen LogP contribution is 2.09. The van der Waals surface area contributed by atoms with E-state index in [0.29, 0.717) is 5.75 Å². The summed E-state index contributed by atoms with van der Waals surface area (Å²) in [6.45, 7) is 0. The van der Waals surface area contributed by atoms with Crippen LogP contribution in [0.1, 0.15) is 0 Å². The van der Waals surface area contributed by atoms with Crippen molar-refractivity contribution in [1.82, 2.24) is 0 Å². The van der Waals surface area contributed by atoms with Crippen molar-refractivity contribution in [2.24, 2.45) is 10.7 Å². The molecule has 1 amide bonds. The number of nitrogens with zero attached hydrogens (tertiary/aromatic N) is 1. The number of rotatable bonds is 1. The zero-order valence-electron chi connectivity index (χ0n) is 7.64. The molecule has 0 aromatic heterocycles. The molecule has 0 radical (unpaired) electrons. The number of ether oxygens (including phenoxy) is 1. The lowest BCUT2D eigenvalue weighted by atomic mass is 10.3. The first-order chi connectivity index (χ1) is 6.72. The van der Waals surface area contributed by atoms with E-state index in [4.69, 9.17) is 10.5 Å². The highest BCUT2D eigenvalue weighted by molar-refractivity contribution is 8.13. The van der Waals surface area contributed by atoms with Gasteiger partial charge >= 0.3 is 6.09 Å². The minimum Gasteiger partial charge on any atom is -0.409 e. The van der Waals surface area contributed by atoms with E-state index < -0.39 is 6.09 Å². The molecule has 14 heavy (non-hydrogen) atoms. The first kappa shape index (κ1) is 10.6. The van der Waals surface area contributed by atoms with Crippen LogP contribution in [0.3, 0.4) is 0 Å². The number of nitrogens with two attached hydrogens (primary N) is 1. The molecule has 0 saturated heterocycles. The van der Waals surface area contributed by atoms with E-state index in [1.807, 2.05) is 6.07 Å². The molecule has 0 aliphatic carbocycles. The van der Waals surface area contributed by atoms with Crippen molar-refractivity contribution in [1.29, 1.82) is 0 Å². The molecule has 1 aromatic carbocycles. The summed E-state index contributed by atoms with van der Waals surface area (Å²) in [6.07, 6.45) is 1.03. The molecule has 4 nitrogen and oxygen atoms in total. The standard InChI is InChI=1S/C9H10N2O2S/c1-14-8(10)11-9(12)13-7-5-3-2-4-6-7/h2-6H,1H3,(H2,10,11,12). The van der Waals surface area contributed by atoms with E-state index >= 15 is 0 Å². The van der Waals surface area contributed by atoms with Crippen molar-refractivity contribution in [2.75, 3.05) is 6.26 Å². The smallest absolute Gasteiger partial charge is 0.409 e. The van der Waals surface area contributed by atoms with Crippen LogP contribution in [0.5, 0.6) is 5.75 Å². The van der Waals surface area contributed by atoms with Crippen molar-refractivity contribution < 1.29 is 9.53 Å². The summed E-state index contributed by atoms with van der Waals surface area (Å²) in [5, 5.41) is 0.186. The van der Waals surface area contributed by atoms with Gasteiger partial charge < -0.3 is 10.5 Å². The molecule has 74 valence electrons. The number of aliphatic imine (C=N–C) groups is 1. The van der Waals surface area contributed by atoms with Gasteiger partial charge in [0.1, 0.15) is 5.75 Å². The number of hydrogen-bond acceptors (Lipinski definition) is 3. The quantitative estimate of drug-likeness (QED) is 0.567. The maximum Gasteiger partial charge on any atom is 0.441 e. The maximum atomic E-state index is 11.1. The molecular formula is C9H10N2O2S. The molecule has 0 heterocycles. The third kappa shape index (κ3) is 3.49. The Kier molecular flexibility index (Phi) is 4.00. The largest absolute Gasteiger partial charge is 0.441 e. The van der Waals surface area contributed by atoms with Gasteiger partial charge in [-0.2, -0.15) is 4.99 Å². The van der Waals surface area contributed by atoms with Gasteiger partial charge in [0, 0.05) is 0 Å². The zero-order chi connectivity index (χ0) is 10.4. The van der Waals surface area contributed by atoms with Crippen molar-refractivity contribution in [3.05, 3.63) is 30.3 Å². The number of thioether (sulfide) groups is 1. The van der Waals surface area contributed by atoms with Crippen LogP contribution in [-0.2, 0) is 0 Å². The molecule has 0 atom stereocenters. The molecule has 1 aromatic rings. The highest BCUT2D eigenvalue weighted by Gasteiger charge is 2.02. The molecule has 0 unspecified atom stereocenters. The first-order valence-corrected chi connectivity index (χ1v) is 5.10. The van der Waals surface area contributed by atoms with E-state index in [-0.39, 0.29) is 5.17 Å². The highest BCUT2D eigenvalue weighted by atomic mass is 32.2. The van der Waals surface area contributed by atoms with Crippen LogP contribution in [0.2, 0.25) is 0 Å². The first-order valence-electron chi connectivity index (χ1n) is 3.87. The second kappa shape index (κ2) is 5.29. The van der Waals surface area contributed by atoms with E-state index in [1.54, 1.807) is 30.5 Å². The van der Waals surface area contributed by atoms with Crippen LogP contribution in [0.25, 0.3) is 0 Å². The predicted molar refractivity (Wildman–Crippen MR) is 57.6 cm³/mol. The number of carbonyl (C=O) groups excluding carboxylic acids is 1. The second-order valence-corrected chi connectivity index (χ2v) is 3.16. The number of hydrogen-bond donors (Lipinski definition) is 1. The fourth-order valence-corrected chi connectivity index (χ4v) is 0.914. The second-order valence-electron chi connectivity index (χ2n) is 2.34. The number of amides is 1. The lowest BCUT2D eigenvalue weighted by molar-refractivity contribution is 0.211. The average molecular weight is 210 g/mol. The molecule has 0 bridgehead atoms. The zero-order valence-corrected chi connectivity index (χ0v) is 8.45. The summed E-state index contributed by atoms with van der Waals surface area (Å²) in [6, 6.07) is 8.71. The Hall–Kier alpha value is -1.49. The van der Waals surface area contributed by atoms with Gasteiger partial charge in [-0.15, -0.1) is 0 Å². The molecule has 0 fully saturated rings. The summed E-state index contributed by atoms with van der Waals surface area (Å²) in [5.41, 5.74) is 5.34. The molecule has 0 spiro atoms. The van der Waals surface area contributed by atoms with Crippen LogP contribution in [0.4, 0.5) is 4.79 Å². The van der Waals surface area contributed by atoms with Gasteiger partial charge in [0.05, 0.1) is 0 Å². The summed E-state index contributed by atoms with van der Waals surface area (Å²) >= 11 is 1.19. The number of para-hydroxylation sites is 1. The van der Waals surface area contributed by atoms with E-state index in [2.05, 4.69) is 4.99 Å². The SMILES string of the molecule is CS/C(N)=N/C(=O)Oc1ccccc1. The fourth-order valence-electron chi connectivity index (χ4n) is 0.748. The van der Waals surface area contributed by atoms with Gasteiger partial charge in [-0.3, -0.25) is 0 Å². The predicted octanol–water partition coefficient (Wildman–Crippen LogP) is 1.86. The molecular weight excluding hydrogens is 200 g/mol. The van der Waals surface area contributed by atoms with Crippen LogP contribution in [-0.4, -0.2) is 17.5 Å². The molecule has 0 saturated carbocycles. The van der Waals surface area contributed by atoms with Crippen LogP contribution in [0, 0.1) is 0 Å². The van der Waals surface area contributed by atoms with Crippen molar-refractivity contribution in [3.63, 3.8) is 0 Å². The molecule has 5 heteroatoms. The average Bonchev–Trinajstić information content (AvgIpc) is 2.19. The Labute approximate surface area is 86.2 Å². The normalized spacial score (nSPS) is 11.1. The lowest BCUT2D eigenvalue weighted by Crippen LogP contribution is -2.11. The summed E-state index contributed by atoms with van der Waals surface area (Å²) < 4.78 is 4.87. The Balaban J connectivity index is 2.58. The van der Waals surface area contributed by atoms with Gasteiger partial charge in [-0.05, 0) is 18.4 Å². The Morgan fingerprint density at radius 1 is 1.43 bits per heavy atom. The summed E-state index contributed by atoms with van der Waals surface area (Å²) in [4.78, 5) is 14.6. The molecule has 2 N–H and O–H groups in total. The Bertz CT molecular complexity index is 338. The number of benzene rings is 1. The van der Waals surface area contributed by atoms with Gasteiger partial charge in [0.15, 0.2) is 5.17 Å². The third-order valence-electron chi connectivity index (χ3n) is 1.36. The van der Waals surface area contributed by atoms with Crippen LogP contribution in [0.15, 0.2) is 35.3 Å². The van der Waals surface area contributed by atoms with Crippen LogP contribution < -0.4 is 10.5 Å². The Morgan fingerprint density at radius 3 is 2.64 bits per heavy atom. The monoisotopic (exact) mass is 210 g/mol. The van der Waals surface area contributed by atoms with Crippen molar-refractivity contribution in [3.8, 4) is 5.75 Å². The summed E-state index contributed by atoms with van der Waals surface area (Å²) in [7, 11) is 0. The van der Waals surface area contributed by atoms with Crippen molar-refractivity contribution in [2.45, 2.75) is 0 Å². The third-order valence-corrected chi connectivity index (χ3v) is 1.87. The van der Waals surface area contributed by atoms with Gasteiger partial charge in [0.25, 0.3) is 0 Å². The maximum absolute atomic E-state index is 11.1. The number of carbonyl (C=O) groups is 1. The topological polar surface area (TPSA) is 64.7 Å². The molecule has 1 rings (SSSR count). The van der Waals surface area contributed by atoms with Gasteiger partial charge in [0.2, 0.25) is 0 Å². The van der Waals surface area contributed by atoms with Crippen molar-refractivity contribution >= 4 is 23.0 Å². The fraction of sp³-hybridized carbons (Fsp3) is 0.111. The van der Waals surface area contributed by atoms with Crippen LogP contribution >= 0.6 is 11.8 Å². The van der Waals surface area contributed by atoms with E-state index in [1.165, 1.54) is 11.8 Å². The Morgan fingerprint density at radius 2 is 2.07 bits per heavy atom. The molecule has 0 aliphatic heterocycles. The number of amidine groups is 1. The van der Waals surface area contributed by atoms with Gasteiger partial charge in [-0.1, -0.05) is 30.0 Å².